The van der Waals surface area contributed by atoms with Gasteiger partial charge in [-0.1, -0.05) is 24.3 Å². The molecular formula is C34H37FN8O2. The molecule has 232 valence electrons. The van der Waals surface area contributed by atoms with E-state index in [1.807, 2.05) is 18.2 Å². The predicted molar refractivity (Wildman–Crippen MR) is 170 cm³/mol. The highest BCUT2D eigenvalue weighted by molar-refractivity contribution is 5.99. The summed E-state index contributed by atoms with van der Waals surface area (Å²) in [6.07, 6.45) is 7.31. The molecule has 45 heavy (non-hydrogen) atoms. The molecule has 0 unspecified atom stereocenters. The molecule has 1 amide bonds. The number of hydrogen-bond acceptors (Lipinski definition) is 8. The first-order valence-electron chi connectivity index (χ1n) is 15.4. The third kappa shape index (κ3) is 6.24. The number of benzene rings is 2. The molecule has 4 aromatic rings. The Morgan fingerprint density at radius 1 is 1.13 bits per heavy atom. The van der Waals surface area contributed by atoms with Crippen molar-refractivity contribution in [3.05, 3.63) is 72.3 Å². The van der Waals surface area contributed by atoms with Crippen LogP contribution in [-0.4, -0.2) is 67.2 Å². The zero-order valence-corrected chi connectivity index (χ0v) is 25.6. The van der Waals surface area contributed by atoms with Crippen molar-refractivity contribution in [1.82, 2.24) is 29.5 Å². The molecule has 11 heteroatoms. The normalized spacial score (nSPS) is 17.6. The van der Waals surface area contributed by atoms with E-state index < -0.39 is 5.82 Å². The number of hydrogen-bond donors (Lipinski definition) is 1. The van der Waals surface area contributed by atoms with E-state index in [-0.39, 0.29) is 34.4 Å². The first-order valence-corrected chi connectivity index (χ1v) is 15.4. The van der Waals surface area contributed by atoms with Crippen LogP contribution in [0.5, 0.6) is 11.5 Å². The van der Waals surface area contributed by atoms with Crippen molar-refractivity contribution < 1.29 is 13.9 Å². The number of allylic oxidation sites excluding steroid dienone is 1. The fourth-order valence-electron chi connectivity index (χ4n) is 6.15. The summed E-state index contributed by atoms with van der Waals surface area (Å²) in [5, 5.41) is 15.1. The second-order valence-electron chi connectivity index (χ2n) is 12.3. The maximum atomic E-state index is 15.6. The van der Waals surface area contributed by atoms with Crippen LogP contribution in [0.1, 0.15) is 52.0 Å². The van der Waals surface area contributed by atoms with E-state index in [1.165, 1.54) is 18.8 Å². The van der Waals surface area contributed by atoms with E-state index in [9.17, 15) is 10.1 Å². The smallest absolute Gasteiger partial charge is 0.264 e. The number of rotatable bonds is 9. The van der Waals surface area contributed by atoms with Gasteiger partial charge in [-0.15, -0.1) is 0 Å². The van der Waals surface area contributed by atoms with Crippen molar-refractivity contribution in [3.8, 4) is 28.8 Å². The molecule has 1 atom stereocenters. The number of nitrogens with two attached hydrogens (primary N) is 1. The average Bonchev–Trinajstić information content (AvgIpc) is 3.39. The summed E-state index contributed by atoms with van der Waals surface area (Å²) in [5.74, 6) is 0.320. The summed E-state index contributed by atoms with van der Waals surface area (Å²) in [4.78, 5) is 26.3. The zero-order valence-electron chi connectivity index (χ0n) is 25.6. The lowest BCUT2D eigenvalue weighted by Crippen LogP contribution is -2.51. The second-order valence-corrected chi connectivity index (χ2v) is 12.3. The number of carbonyl (C=O) groups excluding carboxylic acids is 1. The fourth-order valence-corrected chi connectivity index (χ4v) is 6.15. The van der Waals surface area contributed by atoms with Crippen LogP contribution in [0.2, 0.25) is 0 Å². The van der Waals surface area contributed by atoms with E-state index in [0.717, 1.165) is 25.9 Å². The number of fused-ring (bicyclic) bond motifs is 1. The topological polar surface area (TPSA) is 126 Å². The van der Waals surface area contributed by atoms with Gasteiger partial charge in [0.1, 0.15) is 46.8 Å². The van der Waals surface area contributed by atoms with E-state index >= 15 is 4.39 Å². The van der Waals surface area contributed by atoms with Crippen molar-refractivity contribution in [2.24, 2.45) is 0 Å². The van der Waals surface area contributed by atoms with Crippen molar-refractivity contribution in [2.45, 2.75) is 57.5 Å². The summed E-state index contributed by atoms with van der Waals surface area (Å²) in [6, 6.07) is 15.6. The number of aromatic nitrogens is 4. The highest BCUT2D eigenvalue weighted by atomic mass is 19.1. The van der Waals surface area contributed by atoms with Crippen LogP contribution in [0, 0.1) is 17.1 Å². The molecule has 2 saturated heterocycles. The number of nitriles is 1. The first kappa shape index (κ1) is 30.2. The van der Waals surface area contributed by atoms with Crippen LogP contribution >= 0.6 is 0 Å². The Labute approximate surface area is 261 Å². The highest BCUT2D eigenvalue weighted by Gasteiger charge is 2.32. The maximum absolute atomic E-state index is 15.6. The van der Waals surface area contributed by atoms with Gasteiger partial charge in [-0.3, -0.25) is 9.69 Å². The molecule has 4 heterocycles. The second kappa shape index (κ2) is 12.7. The Balaban J connectivity index is 1.23. The molecule has 0 radical (unpaired) electrons. The van der Waals surface area contributed by atoms with Crippen LogP contribution in [0.4, 0.5) is 10.2 Å². The molecule has 2 aromatic heterocycles. The third-order valence-electron chi connectivity index (χ3n) is 8.89. The van der Waals surface area contributed by atoms with Gasteiger partial charge in [0.15, 0.2) is 5.65 Å². The fraction of sp³-hybridized carbons (Fsp3) is 0.382. The lowest BCUT2D eigenvalue weighted by molar-refractivity contribution is -0.128. The predicted octanol–water partition coefficient (Wildman–Crippen LogP) is 5.88. The number of nitrogens with zero attached hydrogens (tertiary/aromatic N) is 7. The van der Waals surface area contributed by atoms with Gasteiger partial charge in [0.25, 0.3) is 5.91 Å². The molecule has 0 saturated carbocycles. The Bertz CT molecular complexity index is 1770. The Hall–Kier alpha value is -4.82. The van der Waals surface area contributed by atoms with Gasteiger partial charge in [-0.25, -0.2) is 19.0 Å². The zero-order chi connectivity index (χ0) is 31.6. The number of nitrogen functional groups attached to an aromatic ring is 1. The van der Waals surface area contributed by atoms with Crippen molar-refractivity contribution in [1.29, 1.82) is 5.26 Å². The lowest BCUT2D eigenvalue weighted by Gasteiger charge is -2.44. The number of piperidine rings is 1. The Kier molecular flexibility index (Phi) is 8.50. The van der Waals surface area contributed by atoms with Gasteiger partial charge < -0.3 is 15.4 Å². The molecule has 2 N–H and O–H groups in total. The minimum atomic E-state index is -0.528. The van der Waals surface area contributed by atoms with Crippen molar-refractivity contribution >= 4 is 22.8 Å². The molecule has 2 aromatic carbocycles. The monoisotopic (exact) mass is 608 g/mol. The third-order valence-corrected chi connectivity index (χ3v) is 8.89. The number of para-hydroxylation sites is 1. The summed E-state index contributed by atoms with van der Waals surface area (Å²) in [5.41, 5.74) is 7.51. The van der Waals surface area contributed by atoms with Gasteiger partial charge in [0.2, 0.25) is 0 Å². The summed E-state index contributed by atoms with van der Waals surface area (Å²) in [6.45, 7) is 7.48. The molecule has 2 aliphatic heterocycles. The molecule has 10 nitrogen and oxygen atoms in total. The van der Waals surface area contributed by atoms with Crippen molar-refractivity contribution in [2.75, 3.05) is 31.9 Å². The molecule has 6 rings (SSSR count). The van der Waals surface area contributed by atoms with Gasteiger partial charge in [0, 0.05) is 30.3 Å². The van der Waals surface area contributed by atoms with Crippen LogP contribution in [-0.2, 0) is 4.79 Å². The molecule has 2 aliphatic rings. The van der Waals surface area contributed by atoms with E-state index in [2.05, 4.69) is 34.8 Å². The number of amides is 1. The van der Waals surface area contributed by atoms with Gasteiger partial charge in [-0.2, -0.15) is 10.4 Å². The Morgan fingerprint density at radius 2 is 1.93 bits per heavy atom. The van der Waals surface area contributed by atoms with E-state index in [1.54, 1.807) is 39.9 Å². The van der Waals surface area contributed by atoms with Gasteiger partial charge in [0.05, 0.1) is 11.4 Å². The molecule has 0 aliphatic carbocycles. The number of likely N-dealkylation sites (tertiary alicyclic amines) is 2. The quantitative estimate of drug-likeness (QED) is 0.184. The Morgan fingerprint density at radius 3 is 2.64 bits per heavy atom. The van der Waals surface area contributed by atoms with Crippen LogP contribution in [0.25, 0.3) is 22.3 Å². The summed E-state index contributed by atoms with van der Waals surface area (Å²) < 4.78 is 23.1. The molecule has 2 fully saturated rings. The van der Waals surface area contributed by atoms with Crippen LogP contribution in [0.15, 0.2) is 66.5 Å². The molecule has 0 spiro atoms. The maximum Gasteiger partial charge on any atom is 0.264 e. The largest absolute Gasteiger partial charge is 0.457 e. The van der Waals surface area contributed by atoms with Crippen LogP contribution in [0.3, 0.4) is 0 Å². The average molecular weight is 609 g/mol. The van der Waals surface area contributed by atoms with Crippen LogP contribution < -0.4 is 10.5 Å². The van der Waals surface area contributed by atoms with E-state index in [4.69, 9.17) is 15.6 Å². The number of anilines is 1. The summed E-state index contributed by atoms with van der Waals surface area (Å²) in [7, 11) is 0. The summed E-state index contributed by atoms with van der Waals surface area (Å²) >= 11 is 0. The molecule has 0 bridgehead atoms. The first-order chi connectivity index (χ1) is 21.7. The minimum Gasteiger partial charge on any atom is -0.457 e. The standard InChI is InChI=1S/C34H37FN8O2/c1-34(2,42-17-8-18-42)15-6-9-23(20-36)33(44)41-16-7-10-24(21-41)43-32-29(31(37)38-22-39-32)30(40-43)27-14-13-26(19-28(27)35)45-25-11-4-3-5-12-25/h3-5,9,11-14,19,22,24H,6-8,10,15-18,21H2,1-2H3,(H2,37,38,39)/b23-9+/t24-/m1/s1. The number of ether oxygens (including phenoxy) is 1. The number of halogens is 1. The highest BCUT2D eigenvalue weighted by Crippen LogP contribution is 2.36. The van der Waals surface area contributed by atoms with Gasteiger partial charge >= 0.3 is 0 Å². The lowest BCUT2D eigenvalue weighted by atomic mass is 9.92. The van der Waals surface area contributed by atoms with Crippen molar-refractivity contribution in [3.63, 3.8) is 0 Å². The molecular weight excluding hydrogens is 571 g/mol. The van der Waals surface area contributed by atoms with E-state index in [0.29, 0.717) is 54.2 Å². The SMILES string of the molecule is CC(C)(CC/C=C(\C#N)C(=O)N1CCC[C@@H](n2nc(-c3ccc(Oc4ccccc4)cc3F)c3c(N)ncnc32)C1)N1CCC1. The van der Waals surface area contributed by atoms with Gasteiger partial charge in [-0.05, 0) is 83.3 Å². The minimum absolute atomic E-state index is 0.0336. The number of carbonyl (C=O) groups is 1.